The van der Waals surface area contributed by atoms with Crippen LogP contribution in [-0.2, 0) is 4.74 Å². The van der Waals surface area contributed by atoms with Crippen molar-refractivity contribution < 1.29 is 9.53 Å². The molecule has 29 heavy (non-hydrogen) atoms. The highest BCUT2D eigenvalue weighted by Crippen LogP contribution is 2.31. The third kappa shape index (κ3) is 3.43. The van der Waals surface area contributed by atoms with Crippen LogP contribution in [0.3, 0.4) is 0 Å². The van der Waals surface area contributed by atoms with E-state index in [4.69, 9.17) is 16.3 Å². The van der Waals surface area contributed by atoms with Crippen LogP contribution in [0.1, 0.15) is 17.3 Å². The number of aromatic nitrogens is 1. The molecule has 1 aromatic heterocycles. The molecule has 0 radical (unpaired) electrons. The maximum Gasteiger partial charge on any atom is 0.340 e. The van der Waals surface area contributed by atoms with Gasteiger partial charge in [0.15, 0.2) is 0 Å². The molecule has 5 heteroatoms. The van der Waals surface area contributed by atoms with Crippen molar-refractivity contribution in [3.63, 3.8) is 0 Å². The van der Waals surface area contributed by atoms with Gasteiger partial charge < -0.3 is 4.74 Å². The smallest absolute Gasteiger partial charge is 0.340 e. The summed E-state index contributed by atoms with van der Waals surface area (Å²) in [6.07, 6.45) is 0. The summed E-state index contributed by atoms with van der Waals surface area (Å²) >= 11 is 6.05. The average Bonchev–Trinajstić information content (AvgIpc) is 2.75. The Bertz CT molecular complexity index is 1250. The van der Waals surface area contributed by atoms with E-state index in [1.165, 1.54) is 0 Å². The molecule has 0 fully saturated rings. The number of pyridine rings is 1. The Morgan fingerprint density at radius 3 is 2.17 bits per heavy atom. The molecule has 0 aliphatic carbocycles. The van der Waals surface area contributed by atoms with Gasteiger partial charge in [0.25, 0.3) is 5.56 Å². The lowest BCUT2D eigenvalue weighted by atomic mass is 9.98. The SMILES string of the molecule is CCOC(=O)c1c(-c2ccccc2)n(-c2ccc(Cl)cc2)c(=O)c2ccccc12. The molecule has 0 spiro atoms. The van der Waals surface area contributed by atoms with Gasteiger partial charge in [0.2, 0.25) is 0 Å². The van der Waals surface area contributed by atoms with Gasteiger partial charge in [0.1, 0.15) is 0 Å². The molecule has 4 nitrogen and oxygen atoms in total. The summed E-state index contributed by atoms with van der Waals surface area (Å²) in [5.74, 6) is -0.467. The van der Waals surface area contributed by atoms with Crippen LogP contribution in [0.4, 0.5) is 0 Å². The van der Waals surface area contributed by atoms with Gasteiger partial charge in [-0.15, -0.1) is 0 Å². The Morgan fingerprint density at radius 2 is 1.52 bits per heavy atom. The van der Waals surface area contributed by atoms with E-state index in [1.807, 2.05) is 36.4 Å². The number of benzene rings is 3. The van der Waals surface area contributed by atoms with E-state index in [-0.39, 0.29) is 12.2 Å². The number of hydrogen-bond acceptors (Lipinski definition) is 3. The van der Waals surface area contributed by atoms with Crippen molar-refractivity contribution in [3.8, 4) is 16.9 Å². The molecular formula is C24H18ClNO3. The maximum atomic E-state index is 13.5. The number of esters is 1. The van der Waals surface area contributed by atoms with Crippen molar-refractivity contribution in [2.24, 2.45) is 0 Å². The highest BCUT2D eigenvalue weighted by Gasteiger charge is 2.24. The minimum Gasteiger partial charge on any atom is -0.462 e. The van der Waals surface area contributed by atoms with Gasteiger partial charge in [-0.05, 0) is 42.8 Å². The van der Waals surface area contributed by atoms with Gasteiger partial charge >= 0.3 is 5.97 Å². The van der Waals surface area contributed by atoms with Crippen molar-refractivity contribution in [1.29, 1.82) is 0 Å². The highest BCUT2D eigenvalue weighted by atomic mass is 35.5. The van der Waals surface area contributed by atoms with Crippen molar-refractivity contribution >= 4 is 28.3 Å². The number of nitrogens with zero attached hydrogens (tertiary/aromatic N) is 1. The summed E-state index contributed by atoms with van der Waals surface area (Å²) in [5.41, 5.74) is 2.01. The number of hydrogen-bond donors (Lipinski definition) is 0. The van der Waals surface area contributed by atoms with Crippen molar-refractivity contribution in [2.45, 2.75) is 6.92 Å². The van der Waals surface area contributed by atoms with Crippen LogP contribution >= 0.6 is 11.6 Å². The first-order valence-electron chi connectivity index (χ1n) is 9.28. The zero-order valence-electron chi connectivity index (χ0n) is 15.8. The first-order chi connectivity index (χ1) is 14.1. The predicted octanol–water partition coefficient (Wildman–Crippen LogP) is 5.49. The third-order valence-electron chi connectivity index (χ3n) is 4.70. The molecule has 144 valence electrons. The van der Waals surface area contributed by atoms with Crippen molar-refractivity contribution in [2.75, 3.05) is 6.61 Å². The molecule has 0 saturated carbocycles. The minimum absolute atomic E-state index is 0.213. The van der Waals surface area contributed by atoms with E-state index in [9.17, 15) is 9.59 Å². The van der Waals surface area contributed by atoms with Gasteiger partial charge in [-0.3, -0.25) is 9.36 Å². The van der Waals surface area contributed by atoms with Crippen molar-refractivity contribution in [3.05, 3.63) is 99.8 Å². The average molecular weight is 404 g/mol. The Labute approximate surface area is 172 Å². The van der Waals surface area contributed by atoms with E-state index in [2.05, 4.69) is 0 Å². The molecule has 0 aliphatic rings. The van der Waals surface area contributed by atoms with Crippen LogP contribution in [0.15, 0.2) is 83.7 Å². The molecule has 3 aromatic carbocycles. The number of fused-ring (bicyclic) bond motifs is 1. The van der Waals surface area contributed by atoms with Crippen LogP contribution in [0.5, 0.6) is 0 Å². The highest BCUT2D eigenvalue weighted by molar-refractivity contribution is 6.30. The van der Waals surface area contributed by atoms with Gasteiger partial charge in [-0.2, -0.15) is 0 Å². The topological polar surface area (TPSA) is 48.3 Å². The Morgan fingerprint density at radius 1 is 0.897 bits per heavy atom. The second-order valence-corrected chi connectivity index (χ2v) is 6.91. The normalized spacial score (nSPS) is 10.8. The van der Waals surface area contributed by atoms with Gasteiger partial charge in [-0.1, -0.05) is 60.1 Å². The van der Waals surface area contributed by atoms with Crippen LogP contribution < -0.4 is 5.56 Å². The Balaban J connectivity index is 2.21. The van der Waals surface area contributed by atoms with Gasteiger partial charge in [0.05, 0.1) is 17.9 Å². The summed E-state index contributed by atoms with van der Waals surface area (Å²) in [7, 11) is 0. The number of ether oxygens (including phenoxy) is 1. The second-order valence-electron chi connectivity index (χ2n) is 6.47. The molecule has 4 aromatic rings. The fourth-order valence-corrected chi connectivity index (χ4v) is 3.59. The van der Waals surface area contributed by atoms with E-state index in [0.29, 0.717) is 32.7 Å². The zero-order valence-corrected chi connectivity index (χ0v) is 16.5. The molecule has 0 bridgehead atoms. The fraction of sp³-hybridized carbons (Fsp3) is 0.0833. The van der Waals surface area contributed by atoms with Gasteiger partial charge in [0, 0.05) is 21.5 Å². The Hall–Kier alpha value is -3.37. The number of halogens is 1. The third-order valence-corrected chi connectivity index (χ3v) is 4.95. The number of carbonyl (C=O) groups excluding carboxylic acids is 1. The summed E-state index contributed by atoms with van der Waals surface area (Å²) in [5, 5.41) is 1.58. The molecule has 0 unspecified atom stereocenters. The summed E-state index contributed by atoms with van der Waals surface area (Å²) < 4.78 is 6.93. The lowest BCUT2D eigenvalue weighted by Gasteiger charge is -2.19. The summed E-state index contributed by atoms with van der Waals surface area (Å²) in [4.78, 5) is 26.6. The molecule has 0 N–H and O–H groups in total. The quantitative estimate of drug-likeness (QED) is 0.423. The number of carbonyl (C=O) groups is 1. The molecule has 0 aliphatic heterocycles. The van der Waals surface area contributed by atoms with Crippen LogP contribution in [0.25, 0.3) is 27.7 Å². The molecular weight excluding hydrogens is 386 g/mol. The van der Waals surface area contributed by atoms with Crippen LogP contribution in [0, 0.1) is 0 Å². The van der Waals surface area contributed by atoms with Crippen LogP contribution in [0.2, 0.25) is 5.02 Å². The largest absolute Gasteiger partial charge is 0.462 e. The monoisotopic (exact) mass is 403 g/mol. The second kappa shape index (κ2) is 7.94. The Kier molecular flexibility index (Phi) is 5.19. The van der Waals surface area contributed by atoms with E-state index in [1.54, 1.807) is 54.0 Å². The first-order valence-corrected chi connectivity index (χ1v) is 9.66. The molecule has 1 heterocycles. The summed E-state index contributed by atoms with van der Waals surface area (Å²) in [6.45, 7) is 2.00. The molecule has 0 amide bonds. The van der Waals surface area contributed by atoms with Gasteiger partial charge in [-0.25, -0.2) is 4.79 Å². The predicted molar refractivity (Wildman–Crippen MR) is 116 cm³/mol. The molecule has 0 atom stereocenters. The fourth-order valence-electron chi connectivity index (χ4n) is 3.46. The lowest BCUT2D eigenvalue weighted by Crippen LogP contribution is -2.24. The summed E-state index contributed by atoms with van der Waals surface area (Å²) in [6, 6.07) is 23.4. The zero-order chi connectivity index (χ0) is 20.4. The van der Waals surface area contributed by atoms with Crippen molar-refractivity contribution in [1.82, 2.24) is 4.57 Å². The van der Waals surface area contributed by atoms with E-state index in [0.717, 1.165) is 5.56 Å². The minimum atomic E-state index is -0.467. The molecule has 0 saturated heterocycles. The maximum absolute atomic E-state index is 13.5. The molecule has 4 rings (SSSR count). The van der Waals surface area contributed by atoms with E-state index >= 15 is 0 Å². The van der Waals surface area contributed by atoms with Crippen LogP contribution in [-0.4, -0.2) is 17.1 Å². The first kappa shape index (κ1) is 19.0. The number of rotatable bonds is 4. The standard InChI is InChI=1S/C24H18ClNO3/c1-2-29-24(28)21-19-10-6-7-11-20(19)23(27)26(18-14-12-17(25)13-15-18)22(21)16-8-4-3-5-9-16/h3-15H,2H2,1H3. The lowest BCUT2D eigenvalue weighted by molar-refractivity contribution is 0.0529. The van der Waals surface area contributed by atoms with E-state index < -0.39 is 5.97 Å².